The second kappa shape index (κ2) is 8.31. The molecule has 23 heavy (non-hydrogen) atoms. The van der Waals surface area contributed by atoms with Gasteiger partial charge in [-0.1, -0.05) is 67.2 Å². The summed E-state index contributed by atoms with van der Waals surface area (Å²) in [7, 11) is 0. The van der Waals surface area contributed by atoms with E-state index in [1.165, 1.54) is 0 Å². The highest BCUT2D eigenvalue weighted by molar-refractivity contribution is 6.21. The molecule has 0 unspecified atom stereocenters. The van der Waals surface area contributed by atoms with Gasteiger partial charge in [0.2, 0.25) is 0 Å². The third kappa shape index (κ3) is 4.94. The van der Waals surface area contributed by atoms with Gasteiger partial charge in [-0.05, 0) is 17.2 Å². The van der Waals surface area contributed by atoms with Gasteiger partial charge in [0.1, 0.15) is 0 Å². The summed E-state index contributed by atoms with van der Waals surface area (Å²) in [5.74, 6) is -1.66. The summed E-state index contributed by atoms with van der Waals surface area (Å²) >= 11 is 0. The van der Waals surface area contributed by atoms with Crippen LogP contribution in [0.3, 0.4) is 0 Å². The predicted molar refractivity (Wildman–Crippen MR) is 84.2 cm³/mol. The normalized spacial score (nSPS) is 10.7. The van der Waals surface area contributed by atoms with Crippen LogP contribution in [0.1, 0.15) is 11.1 Å². The number of hydrogen-bond acceptors (Lipinski definition) is 5. The van der Waals surface area contributed by atoms with Gasteiger partial charge in [-0.2, -0.15) is 0 Å². The second-order valence-electron chi connectivity index (χ2n) is 4.38. The molecule has 0 saturated carbocycles. The third-order valence-electron chi connectivity index (χ3n) is 2.81. The summed E-state index contributed by atoms with van der Waals surface area (Å²) < 4.78 is 0. The van der Waals surface area contributed by atoms with Crippen molar-refractivity contribution in [1.82, 2.24) is 0 Å². The molecule has 5 nitrogen and oxygen atoms in total. The molecule has 0 spiro atoms. The molecule has 116 valence electrons. The highest BCUT2D eigenvalue weighted by Gasteiger charge is 2.16. The van der Waals surface area contributed by atoms with Crippen LogP contribution in [0.2, 0.25) is 0 Å². The number of carbonyl (C=O) groups excluding carboxylic acids is 2. The largest absolute Gasteiger partial charge is 0.378 e. The molecule has 2 aromatic carbocycles. The van der Waals surface area contributed by atoms with Gasteiger partial charge >= 0.3 is 11.9 Å². The van der Waals surface area contributed by atoms with Crippen LogP contribution >= 0.6 is 0 Å². The molecular weight excluding hydrogens is 296 g/mol. The molecule has 0 aromatic heterocycles. The van der Waals surface area contributed by atoms with Crippen molar-refractivity contribution in [1.29, 1.82) is 0 Å². The minimum absolute atomic E-state index is 0.256. The van der Waals surface area contributed by atoms with Crippen LogP contribution in [0.5, 0.6) is 0 Å². The van der Waals surface area contributed by atoms with Crippen LogP contribution in [-0.2, 0) is 24.4 Å². The lowest BCUT2D eigenvalue weighted by molar-refractivity contribution is -0.455. The summed E-state index contributed by atoms with van der Waals surface area (Å²) in [5, 5.41) is 4.18. The van der Waals surface area contributed by atoms with Crippen molar-refractivity contribution >= 4 is 23.6 Å². The number of benzene rings is 2. The quantitative estimate of drug-likeness (QED) is 0.354. The van der Waals surface area contributed by atoms with Crippen LogP contribution in [0.25, 0.3) is 11.6 Å². The van der Waals surface area contributed by atoms with Gasteiger partial charge in [-0.25, -0.2) is 9.59 Å². The minimum atomic E-state index is -0.869. The van der Waals surface area contributed by atoms with E-state index in [0.717, 1.165) is 11.6 Å². The fourth-order valence-electron chi connectivity index (χ4n) is 1.75. The summed E-state index contributed by atoms with van der Waals surface area (Å²) in [5.41, 5.74) is 1.71. The zero-order chi connectivity index (χ0) is 16.5. The zero-order valence-corrected chi connectivity index (χ0v) is 12.2. The lowest BCUT2D eigenvalue weighted by atomic mass is 10.0. The molecule has 0 heterocycles. The third-order valence-corrected chi connectivity index (χ3v) is 2.81. The number of hydrogen-bond donors (Lipinski definition) is 0. The van der Waals surface area contributed by atoms with E-state index in [-0.39, 0.29) is 5.57 Å². The first-order chi connectivity index (χ1) is 11.2. The Kier molecular flexibility index (Phi) is 5.85. The smallest absolute Gasteiger partial charge is 0.255 e. The summed E-state index contributed by atoms with van der Waals surface area (Å²) in [6.07, 6.45) is 2.53. The van der Waals surface area contributed by atoms with Crippen molar-refractivity contribution in [3.05, 3.63) is 84.4 Å². The SMILES string of the molecule is C=CC(=O)OOOC(=O)C(=Cc1ccccc1)c1ccccc1. The molecule has 2 rings (SSSR count). The molecule has 0 amide bonds. The fraction of sp³-hybridized carbons (Fsp3) is 0. The fourth-order valence-corrected chi connectivity index (χ4v) is 1.75. The van der Waals surface area contributed by atoms with Gasteiger partial charge in [0, 0.05) is 11.1 Å². The van der Waals surface area contributed by atoms with Crippen molar-refractivity contribution in [2.75, 3.05) is 0 Å². The molecule has 0 N–H and O–H groups in total. The Morgan fingerprint density at radius 2 is 1.48 bits per heavy atom. The van der Waals surface area contributed by atoms with Crippen molar-refractivity contribution in [2.24, 2.45) is 0 Å². The minimum Gasteiger partial charge on any atom is -0.255 e. The zero-order valence-electron chi connectivity index (χ0n) is 12.2. The Morgan fingerprint density at radius 3 is 2.09 bits per heavy atom. The Bertz CT molecular complexity index is 705. The Labute approximate surface area is 133 Å². The first-order valence-electron chi connectivity index (χ1n) is 6.75. The Morgan fingerprint density at radius 1 is 0.870 bits per heavy atom. The highest BCUT2D eigenvalue weighted by atomic mass is 17.5. The van der Waals surface area contributed by atoms with Crippen molar-refractivity contribution in [2.45, 2.75) is 0 Å². The van der Waals surface area contributed by atoms with Gasteiger partial charge in [0.15, 0.2) is 0 Å². The van der Waals surface area contributed by atoms with E-state index in [4.69, 9.17) is 0 Å². The maximum Gasteiger partial charge on any atom is 0.378 e. The molecule has 0 radical (unpaired) electrons. The van der Waals surface area contributed by atoms with E-state index in [9.17, 15) is 9.59 Å². The summed E-state index contributed by atoms with van der Waals surface area (Å²) in [6, 6.07) is 18.2. The first-order valence-corrected chi connectivity index (χ1v) is 6.75. The van der Waals surface area contributed by atoms with E-state index >= 15 is 0 Å². The molecule has 0 fully saturated rings. The molecule has 0 atom stereocenters. The van der Waals surface area contributed by atoms with E-state index in [1.54, 1.807) is 30.3 Å². The standard InChI is InChI=1S/C18H14O5/c1-2-17(19)21-23-22-18(20)16(15-11-7-4-8-12-15)13-14-9-5-3-6-10-14/h2-13H,1H2. The van der Waals surface area contributed by atoms with Crippen molar-refractivity contribution in [3.8, 4) is 0 Å². The second-order valence-corrected chi connectivity index (χ2v) is 4.38. The average molecular weight is 310 g/mol. The van der Waals surface area contributed by atoms with Gasteiger partial charge in [0.05, 0.1) is 5.57 Å². The van der Waals surface area contributed by atoms with Crippen LogP contribution < -0.4 is 0 Å². The molecule has 0 aliphatic rings. The summed E-state index contributed by atoms with van der Waals surface area (Å²) in [4.78, 5) is 31.7. The van der Waals surface area contributed by atoms with E-state index in [2.05, 4.69) is 21.4 Å². The monoisotopic (exact) mass is 310 g/mol. The van der Waals surface area contributed by atoms with Crippen LogP contribution in [0.4, 0.5) is 0 Å². The van der Waals surface area contributed by atoms with Crippen LogP contribution in [0, 0.1) is 0 Å². The Hall–Kier alpha value is -3.18. The van der Waals surface area contributed by atoms with Gasteiger partial charge < -0.3 is 0 Å². The van der Waals surface area contributed by atoms with Crippen LogP contribution in [-0.4, -0.2) is 11.9 Å². The van der Waals surface area contributed by atoms with E-state index < -0.39 is 11.9 Å². The van der Waals surface area contributed by atoms with Gasteiger partial charge in [-0.15, -0.1) is 0 Å². The van der Waals surface area contributed by atoms with Gasteiger partial charge in [0.25, 0.3) is 0 Å². The lowest BCUT2D eigenvalue weighted by Gasteiger charge is -2.06. The van der Waals surface area contributed by atoms with Crippen molar-refractivity contribution in [3.63, 3.8) is 0 Å². The molecule has 0 aliphatic heterocycles. The summed E-state index contributed by atoms with van der Waals surface area (Å²) in [6.45, 7) is 3.19. The van der Waals surface area contributed by atoms with E-state index in [1.807, 2.05) is 36.4 Å². The first kappa shape index (κ1) is 16.2. The number of rotatable bonds is 6. The van der Waals surface area contributed by atoms with Crippen molar-refractivity contribution < 1.29 is 24.4 Å². The average Bonchev–Trinajstić information content (AvgIpc) is 2.61. The maximum atomic E-state index is 12.2. The maximum absolute atomic E-state index is 12.2. The van der Waals surface area contributed by atoms with Crippen LogP contribution in [0.15, 0.2) is 73.3 Å². The molecular formula is C18H14O5. The Balaban J connectivity index is 2.20. The lowest BCUT2D eigenvalue weighted by Crippen LogP contribution is -2.10. The van der Waals surface area contributed by atoms with Gasteiger partial charge in [-0.3, -0.25) is 9.78 Å². The molecule has 0 aliphatic carbocycles. The highest BCUT2D eigenvalue weighted by Crippen LogP contribution is 2.20. The molecule has 0 bridgehead atoms. The molecule has 5 heteroatoms. The predicted octanol–water partition coefficient (Wildman–Crippen LogP) is 3.35. The molecule has 2 aromatic rings. The topological polar surface area (TPSA) is 61.8 Å². The molecule has 0 saturated heterocycles. The van der Waals surface area contributed by atoms with E-state index in [0.29, 0.717) is 5.56 Å². The number of carbonyl (C=O) groups is 2.